The molecule has 0 saturated carbocycles. The predicted octanol–water partition coefficient (Wildman–Crippen LogP) is 2.99. The fourth-order valence-electron chi connectivity index (χ4n) is 1.13. The number of benzene rings is 1. The molecule has 0 aliphatic rings. The second-order valence-electron chi connectivity index (χ2n) is 3.00. The van der Waals surface area contributed by atoms with Crippen LogP contribution < -0.4 is 16.2 Å². The minimum atomic E-state index is -2.99. The molecule has 1 aromatic rings. The van der Waals surface area contributed by atoms with Crippen LogP contribution in [0.25, 0.3) is 0 Å². The number of nitrogens with two attached hydrogens (primary N) is 2. The van der Waals surface area contributed by atoms with E-state index in [1.54, 1.807) is 0 Å². The molecule has 9 heteroatoms. The van der Waals surface area contributed by atoms with Gasteiger partial charge in [-0.25, -0.2) is 4.99 Å². The number of hydrogen-bond acceptors (Lipinski definition) is 2. The van der Waals surface area contributed by atoms with E-state index < -0.39 is 6.61 Å². The van der Waals surface area contributed by atoms with Gasteiger partial charge in [-0.2, -0.15) is 8.78 Å². The van der Waals surface area contributed by atoms with Crippen molar-refractivity contribution in [2.24, 2.45) is 16.5 Å². The van der Waals surface area contributed by atoms with Crippen molar-refractivity contribution in [3.8, 4) is 5.75 Å². The van der Waals surface area contributed by atoms with Crippen LogP contribution in [0.3, 0.4) is 0 Å². The highest BCUT2D eigenvalue weighted by atomic mass is 127. The Hall–Kier alpha value is -0.540. The monoisotopic (exact) mass is 411 g/mol. The molecule has 0 amide bonds. The number of halogens is 5. The maximum absolute atomic E-state index is 12.2. The molecule has 0 saturated heterocycles. The number of ether oxygens (including phenoxy) is 1. The van der Waals surface area contributed by atoms with Gasteiger partial charge in [0.15, 0.2) is 5.96 Å². The van der Waals surface area contributed by atoms with Gasteiger partial charge in [-0.3, -0.25) is 0 Å². The fraction of sp³-hybridized carbons (Fsp3) is 0.222. The van der Waals surface area contributed by atoms with E-state index in [1.165, 1.54) is 12.1 Å². The third kappa shape index (κ3) is 5.40. The molecular formula is C9H10Cl2F2IN3O. The minimum absolute atomic E-state index is 0. The highest BCUT2D eigenvalue weighted by molar-refractivity contribution is 14.0. The van der Waals surface area contributed by atoms with Gasteiger partial charge in [-0.1, -0.05) is 23.2 Å². The summed E-state index contributed by atoms with van der Waals surface area (Å²) in [6.07, 6.45) is 0. The van der Waals surface area contributed by atoms with Gasteiger partial charge in [-0.15, -0.1) is 24.0 Å². The molecule has 18 heavy (non-hydrogen) atoms. The van der Waals surface area contributed by atoms with E-state index in [0.717, 1.165) is 0 Å². The van der Waals surface area contributed by atoms with Crippen molar-refractivity contribution in [2.75, 3.05) is 0 Å². The van der Waals surface area contributed by atoms with Crippen molar-refractivity contribution in [3.05, 3.63) is 27.7 Å². The summed E-state index contributed by atoms with van der Waals surface area (Å²) < 4.78 is 28.7. The summed E-state index contributed by atoms with van der Waals surface area (Å²) in [6.45, 7) is -3.04. The Balaban J connectivity index is 0.00000289. The Morgan fingerprint density at radius 1 is 1.33 bits per heavy atom. The van der Waals surface area contributed by atoms with Gasteiger partial charge in [0.1, 0.15) is 5.75 Å². The van der Waals surface area contributed by atoms with E-state index in [0.29, 0.717) is 0 Å². The lowest BCUT2D eigenvalue weighted by Crippen LogP contribution is -2.22. The highest BCUT2D eigenvalue weighted by Crippen LogP contribution is 2.33. The Kier molecular flexibility index (Phi) is 7.56. The average molecular weight is 412 g/mol. The van der Waals surface area contributed by atoms with Crippen LogP contribution in [-0.2, 0) is 6.54 Å². The lowest BCUT2D eigenvalue weighted by molar-refractivity contribution is -0.0503. The van der Waals surface area contributed by atoms with Crippen LogP contribution in [0.4, 0.5) is 8.78 Å². The highest BCUT2D eigenvalue weighted by Gasteiger charge is 2.14. The first-order valence-electron chi connectivity index (χ1n) is 4.38. The molecule has 0 aliphatic carbocycles. The minimum Gasteiger partial charge on any atom is -0.433 e. The van der Waals surface area contributed by atoms with Crippen molar-refractivity contribution in [2.45, 2.75) is 13.2 Å². The first-order valence-corrected chi connectivity index (χ1v) is 5.14. The van der Waals surface area contributed by atoms with Crippen LogP contribution in [0, 0.1) is 0 Å². The fourth-order valence-corrected chi connectivity index (χ4v) is 1.71. The summed E-state index contributed by atoms with van der Waals surface area (Å²) in [5.41, 5.74) is 10.6. The van der Waals surface area contributed by atoms with E-state index in [-0.39, 0.29) is 57.8 Å². The molecule has 0 heterocycles. The molecule has 0 aliphatic heterocycles. The van der Waals surface area contributed by atoms with Gasteiger partial charge < -0.3 is 16.2 Å². The quantitative estimate of drug-likeness (QED) is 0.454. The zero-order chi connectivity index (χ0) is 13.0. The second-order valence-corrected chi connectivity index (χ2v) is 3.84. The van der Waals surface area contributed by atoms with Crippen LogP contribution in [0.1, 0.15) is 5.56 Å². The smallest absolute Gasteiger partial charge is 0.387 e. The molecule has 0 spiro atoms. The zero-order valence-electron chi connectivity index (χ0n) is 8.87. The number of nitrogens with zero attached hydrogens (tertiary/aromatic N) is 1. The van der Waals surface area contributed by atoms with Crippen molar-refractivity contribution < 1.29 is 13.5 Å². The third-order valence-electron chi connectivity index (χ3n) is 1.72. The van der Waals surface area contributed by atoms with Crippen LogP contribution in [0.15, 0.2) is 17.1 Å². The molecule has 0 fully saturated rings. The molecule has 0 aromatic heterocycles. The van der Waals surface area contributed by atoms with Gasteiger partial charge >= 0.3 is 6.61 Å². The van der Waals surface area contributed by atoms with Gasteiger partial charge in [0.25, 0.3) is 0 Å². The number of guanidine groups is 1. The first-order chi connectivity index (χ1) is 7.90. The number of rotatable bonds is 4. The molecule has 0 bridgehead atoms. The van der Waals surface area contributed by atoms with Gasteiger partial charge in [0, 0.05) is 10.6 Å². The van der Waals surface area contributed by atoms with Gasteiger partial charge in [0.2, 0.25) is 0 Å². The third-order valence-corrected chi connectivity index (χ3v) is 2.22. The largest absolute Gasteiger partial charge is 0.433 e. The van der Waals surface area contributed by atoms with E-state index in [1.807, 2.05) is 0 Å². The molecule has 4 nitrogen and oxygen atoms in total. The number of hydrogen-bond donors (Lipinski definition) is 2. The first kappa shape index (κ1) is 17.5. The van der Waals surface area contributed by atoms with E-state index >= 15 is 0 Å². The number of aliphatic imine (C=N–C) groups is 1. The lowest BCUT2D eigenvalue weighted by Gasteiger charge is -2.11. The molecule has 102 valence electrons. The predicted molar refractivity (Wildman–Crippen MR) is 78.0 cm³/mol. The Labute approximate surface area is 129 Å². The maximum Gasteiger partial charge on any atom is 0.387 e. The lowest BCUT2D eigenvalue weighted by atomic mass is 10.2. The van der Waals surface area contributed by atoms with Crippen molar-refractivity contribution in [3.63, 3.8) is 0 Å². The van der Waals surface area contributed by atoms with E-state index in [9.17, 15) is 8.78 Å². The van der Waals surface area contributed by atoms with Crippen LogP contribution in [0.2, 0.25) is 10.0 Å². The Morgan fingerprint density at radius 3 is 2.44 bits per heavy atom. The molecule has 0 radical (unpaired) electrons. The van der Waals surface area contributed by atoms with Crippen molar-refractivity contribution >= 4 is 53.1 Å². The second kappa shape index (κ2) is 7.80. The maximum atomic E-state index is 12.2. The summed E-state index contributed by atoms with van der Waals surface area (Å²) in [7, 11) is 0. The molecular weight excluding hydrogens is 402 g/mol. The molecule has 1 aromatic carbocycles. The van der Waals surface area contributed by atoms with Crippen LogP contribution in [0.5, 0.6) is 5.75 Å². The standard InChI is InChI=1S/C9H9Cl2F2N3O.HI/c10-5-1-4(3-16-9(14)15)7(6(11)2-5)17-8(12)13;/h1-2,8H,3H2,(H4,14,15,16);1H. The SMILES string of the molecule is I.NC(N)=NCc1cc(Cl)cc(Cl)c1OC(F)F. The van der Waals surface area contributed by atoms with Crippen LogP contribution >= 0.6 is 47.2 Å². The molecule has 0 atom stereocenters. The normalized spacial score (nSPS) is 9.83. The average Bonchev–Trinajstić information content (AvgIpc) is 2.18. The topological polar surface area (TPSA) is 73.6 Å². The summed E-state index contributed by atoms with van der Waals surface area (Å²) in [5.74, 6) is -0.361. The Bertz CT molecular complexity index is 442. The summed E-state index contributed by atoms with van der Waals surface area (Å²) in [4.78, 5) is 3.68. The zero-order valence-corrected chi connectivity index (χ0v) is 12.7. The van der Waals surface area contributed by atoms with E-state index in [4.69, 9.17) is 34.7 Å². The summed E-state index contributed by atoms with van der Waals surface area (Å²) >= 11 is 11.5. The van der Waals surface area contributed by atoms with Gasteiger partial charge in [-0.05, 0) is 12.1 Å². The summed E-state index contributed by atoms with van der Waals surface area (Å²) in [6, 6.07) is 2.69. The van der Waals surface area contributed by atoms with E-state index in [2.05, 4.69) is 9.73 Å². The molecule has 0 unspecified atom stereocenters. The summed E-state index contributed by atoms with van der Waals surface area (Å²) in [5, 5.41) is 0.246. The van der Waals surface area contributed by atoms with Crippen LogP contribution in [-0.4, -0.2) is 12.6 Å². The Morgan fingerprint density at radius 2 is 1.94 bits per heavy atom. The molecule has 4 N–H and O–H groups in total. The van der Waals surface area contributed by atoms with Gasteiger partial charge in [0.05, 0.1) is 11.6 Å². The number of alkyl halides is 2. The van der Waals surface area contributed by atoms with Crippen molar-refractivity contribution in [1.29, 1.82) is 0 Å². The van der Waals surface area contributed by atoms with Crippen molar-refractivity contribution in [1.82, 2.24) is 0 Å². The molecule has 1 rings (SSSR count).